The van der Waals surface area contributed by atoms with E-state index in [9.17, 15) is 4.79 Å². The maximum absolute atomic E-state index is 10.8. The van der Waals surface area contributed by atoms with Crippen molar-refractivity contribution < 1.29 is 18.7 Å². The van der Waals surface area contributed by atoms with E-state index < -0.39 is 0 Å². The van der Waals surface area contributed by atoms with Crippen molar-refractivity contribution in [2.24, 2.45) is 0 Å². The number of hydrogen-bond acceptors (Lipinski definition) is 4. The van der Waals surface area contributed by atoms with E-state index in [1.54, 1.807) is 19.2 Å². The van der Waals surface area contributed by atoms with E-state index in [1.807, 2.05) is 0 Å². The molecule has 0 N–H and O–H groups in total. The number of ether oxygens (including phenoxy) is 2. The minimum atomic E-state index is 0.452. The van der Waals surface area contributed by atoms with Gasteiger partial charge in [0.2, 0.25) is 0 Å². The highest BCUT2D eigenvalue weighted by atomic mass is 16.5. The quantitative estimate of drug-likeness (QED) is 0.723. The van der Waals surface area contributed by atoms with Gasteiger partial charge in [-0.05, 0) is 12.1 Å². The summed E-state index contributed by atoms with van der Waals surface area (Å²) in [7, 11) is 3.07. The summed E-state index contributed by atoms with van der Waals surface area (Å²) in [6.45, 7) is 0. The third-order valence-corrected chi connectivity index (χ3v) is 2.23. The molecular weight excluding hydrogens is 196 g/mol. The van der Waals surface area contributed by atoms with E-state index in [0.29, 0.717) is 22.6 Å². The molecule has 4 heteroatoms. The van der Waals surface area contributed by atoms with Crippen LogP contribution in [0.3, 0.4) is 0 Å². The second kappa shape index (κ2) is 3.65. The minimum absolute atomic E-state index is 0.452. The monoisotopic (exact) mass is 206 g/mol. The molecule has 0 spiro atoms. The number of hydrogen-bond donors (Lipinski definition) is 0. The van der Waals surface area contributed by atoms with Crippen molar-refractivity contribution in [2.75, 3.05) is 14.2 Å². The zero-order valence-electron chi connectivity index (χ0n) is 8.44. The molecule has 0 radical (unpaired) electrons. The Morgan fingerprint density at radius 1 is 1.33 bits per heavy atom. The van der Waals surface area contributed by atoms with Crippen molar-refractivity contribution in [3.05, 3.63) is 24.0 Å². The summed E-state index contributed by atoms with van der Waals surface area (Å²) in [6.07, 6.45) is 2.24. The third kappa shape index (κ3) is 1.34. The highest BCUT2D eigenvalue weighted by Crippen LogP contribution is 2.37. The zero-order valence-corrected chi connectivity index (χ0v) is 8.44. The molecule has 0 atom stereocenters. The van der Waals surface area contributed by atoms with Gasteiger partial charge in [-0.1, -0.05) is 0 Å². The molecule has 1 aromatic heterocycles. The van der Waals surface area contributed by atoms with Crippen LogP contribution in [0.25, 0.3) is 11.0 Å². The normalized spacial score (nSPS) is 10.3. The molecule has 0 amide bonds. The molecule has 0 fully saturated rings. The van der Waals surface area contributed by atoms with E-state index in [-0.39, 0.29) is 0 Å². The molecule has 2 rings (SSSR count). The number of fused-ring (bicyclic) bond motifs is 1. The molecule has 0 aliphatic carbocycles. The first-order valence-corrected chi connectivity index (χ1v) is 4.39. The number of benzene rings is 1. The van der Waals surface area contributed by atoms with Gasteiger partial charge in [0.05, 0.1) is 31.4 Å². The molecule has 15 heavy (non-hydrogen) atoms. The average molecular weight is 206 g/mol. The topological polar surface area (TPSA) is 48.7 Å². The van der Waals surface area contributed by atoms with Crippen molar-refractivity contribution in [3.8, 4) is 11.5 Å². The number of furan rings is 1. The van der Waals surface area contributed by atoms with Gasteiger partial charge in [-0.25, -0.2) is 0 Å². The fourth-order valence-electron chi connectivity index (χ4n) is 1.57. The van der Waals surface area contributed by atoms with Gasteiger partial charge in [-0.15, -0.1) is 0 Å². The Morgan fingerprint density at radius 3 is 2.73 bits per heavy atom. The molecular formula is C11H10O4. The van der Waals surface area contributed by atoms with Gasteiger partial charge in [-0.2, -0.15) is 0 Å². The maximum atomic E-state index is 10.8. The Bertz CT molecular complexity index is 499. The lowest BCUT2D eigenvalue weighted by atomic mass is 10.1. The predicted octanol–water partition coefficient (Wildman–Crippen LogP) is 2.26. The molecule has 1 heterocycles. The minimum Gasteiger partial charge on any atom is -0.493 e. The highest BCUT2D eigenvalue weighted by molar-refractivity contribution is 5.99. The summed E-state index contributed by atoms with van der Waals surface area (Å²) < 4.78 is 15.6. The van der Waals surface area contributed by atoms with Gasteiger partial charge < -0.3 is 13.9 Å². The number of rotatable bonds is 3. The van der Waals surface area contributed by atoms with Crippen molar-refractivity contribution in [2.45, 2.75) is 0 Å². The molecule has 0 unspecified atom stereocenters. The summed E-state index contributed by atoms with van der Waals surface area (Å²) in [5, 5.41) is 0.735. The molecule has 78 valence electrons. The molecule has 0 saturated carbocycles. The second-order valence-electron chi connectivity index (χ2n) is 2.98. The summed E-state index contributed by atoms with van der Waals surface area (Å²) in [5.74, 6) is 1.10. The Labute approximate surface area is 86.4 Å². The lowest BCUT2D eigenvalue weighted by Crippen LogP contribution is -1.93. The smallest absolute Gasteiger partial charge is 0.171 e. The average Bonchev–Trinajstić information content (AvgIpc) is 2.75. The van der Waals surface area contributed by atoms with Crippen LogP contribution in [0.4, 0.5) is 0 Å². The van der Waals surface area contributed by atoms with E-state index >= 15 is 0 Å². The van der Waals surface area contributed by atoms with Gasteiger partial charge in [-0.3, -0.25) is 4.79 Å². The number of carbonyl (C=O) groups excluding carboxylic acids is 1. The Kier molecular flexibility index (Phi) is 2.33. The van der Waals surface area contributed by atoms with E-state index in [2.05, 4.69) is 0 Å². The van der Waals surface area contributed by atoms with Gasteiger partial charge in [0.25, 0.3) is 0 Å². The summed E-state index contributed by atoms with van der Waals surface area (Å²) in [5.41, 5.74) is 0.968. The van der Waals surface area contributed by atoms with Crippen LogP contribution >= 0.6 is 0 Å². The molecule has 0 bridgehead atoms. The molecule has 2 aromatic rings. The van der Waals surface area contributed by atoms with Crippen LogP contribution in [0.2, 0.25) is 0 Å². The first-order valence-electron chi connectivity index (χ1n) is 4.39. The summed E-state index contributed by atoms with van der Waals surface area (Å²) in [6, 6.07) is 3.33. The van der Waals surface area contributed by atoms with Gasteiger partial charge in [0.15, 0.2) is 17.8 Å². The van der Waals surface area contributed by atoms with Gasteiger partial charge in [0, 0.05) is 0 Å². The zero-order chi connectivity index (χ0) is 10.8. The molecule has 0 aliphatic heterocycles. The van der Waals surface area contributed by atoms with Crippen LogP contribution in [-0.2, 0) is 0 Å². The molecule has 0 saturated heterocycles. The number of methoxy groups -OCH3 is 2. The molecule has 1 aromatic carbocycles. The van der Waals surface area contributed by atoms with Crippen molar-refractivity contribution in [3.63, 3.8) is 0 Å². The third-order valence-electron chi connectivity index (χ3n) is 2.23. The standard InChI is InChI=1S/C11H10O4/c1-13-9-5-7(6-12)10-8(3-4-15-10)11(9)14-2/h3-6H,1-2H3. The van der Waals surface area contributed by atoms with E-state index in [4.69, 9.17) is 13.9 Å². The first kappa shape index (κ1) is 9.58. The Hall–Kier alpha value is -1.97. The molecule has 0 aliphatic rings. The van der Waals surface area contributed by atoms with Crippen molar-refractivity contribution in [1.82, 2.24) is 0 Å². The number of carbonyl (C=O) groups is 1. The van der Waals surface area contributed by atoms with E-state index in [0.717, 1.165) is 11.7 Å². The molecule has 4 nitrogen and oxygen atoms in total. The van der Waals surface area contributed by atoms with Crippen LogP contribution in [-0.4, -0.2) is 20.5 Å². The Morgan fingerprint density at radius 2 is 2.13 bits per heavy atom. The van der Waals surface area contributed by atoms with E-state index in [1.165, 1.54) is 13.4 Å². The fraction of sp³-hybridized carbons (Fsp3) is 0.182. The SMILES string of the molecule is COc1cc(C=O)c2occc2c1OC. The lowest BCUT2D eigenvalue weighted by Gasteiger charge is -2.08. The predicted molar refractivity (Wildman–Crippen MR) is 54.7 cm³/mol. The second-order valence-corrected chi connectivity index (χ2v) is 2.98. The van der Waals surface area contributed by atoms with Gasteiger partial charge >= 0.3 is 0 Å². The van der Waals surface area contributed by atoms with Crippen molar-refractivity contribution >= 4 is 17.3 Å². The van der Waals surface area contributed by atoms with Gasteiger partial charge in [0.1, 0.15) is 5.58 Å². The summed E-state index contributed by atoms with van der Waals surface area (Å²) in [4.78, 5) is 10.8. The lowest BCUT2D eigenvalue weighted by molar-refractivity contribution is 0.112. The Balaban J connectivity index is 2.84. The fourth-order valence-corrected chi connectivity index (χ4v) is 1.57. The first-order chi connectivity index (χ1) is 7.31. The largest absolute Gasteiger partial charge is 0.493 e. The highest BCUT2D eigenvalue weighted by Gasteiger charge is 2.15. The summed E-state index contributed by atoms with van der Waals surface area (Å²) >= 11 is 0. The van der Waals surface area contributed by atoms with Crippen LogP contribution in [0.5, 0.6) is 11.5 Å². The number of aldehydes is 1. The van der Waals surface area contributed by atoms with Crippen LogP contribution < -0.4 is 9.47 Å². The van der Waals surface area contributed by atoms with Crippen LogP contribution in [0, 0.1) is 0 Å². The van der Waals surface area contributed by atoms with Crippen LogP contribution in [0.15, 0.2) is 22.8 Å². The van der Waals surface area contributed by atoms with Crippen molar-refractivity contribution in [1.29, 1.82) is 0 Å². The maximum Gasteiger partial charge on any atom is 0.171 e. The van der Waals surface area contributed by atoms with Crippen LogP contribution in [0.1, 0.15) is 10.4 Å².